The predicted molar refractivity (Wildman–Crippen MR) is 133 cm³/mol. The molecular formula is C28H25F3N8O. The first-order valence-electron chi connectivity index (χ1n) is 14.1. The fraction of sp³-hybridized carbons (Fsp3) is 0.571. The molecule has 0 saturated heterocycles. The number of hydrogen-bond acceptors (Lipinski definition) is 7. The van der Waals surface area contributed by atoms with Crippen LogP contribution in [0.1, 0.15) is 42.9 Å². The number of methoxy groups -OCH3 is 1. The normalized spacial score (nSPS) is 37.2. The van der Waals surface area contributed by atoms with Crippen molar-refractivity contribution >= 4 is 11.0 Å². The van der Waals surface area contributed by atoms with Crippen molar-refractivity contribution in [3.05, 3.63) is 42.1 Å². The lowest BCUT2D eigenvalue weighted by Gasteiger charge is -2.57. The molecule has 0 N–H and O–H groups in total. The Kier molecular flexibility index (Phi) is 3.60. The van der Waals surface area contributed by atoms with Gasteiger partial charge in [0.25, 0.3) is 0 Å². The number of rotatable bonds is 7. The number of aromatic nitrogens is 8. The standard InChI is InChI=1S/C28H25F3N8O/c1-3-38-8-13(28(29,30)31)36-25(38)27-17-14-16-19(27)18(17)26(16,21(14)27)9-39-23-12(7-35-39)6-32-22(37-23)15-20(11-4-5-11)33-10-34-24(15)40-2/h6-8,10-11,14,16-19,21H,3-5,9H2,1-2H3/t14?,16?,17?,18?,19?,21-,26?,27?/m0/s1. The Labute approximate surface area is 226 Å². The van der Waals surface area contributed by atoms with Crippen molar-refractivity contribution in [2.24, 2.45) is 40.9 Å². The van der Waals surface area contributed by atoms with E-state index in [0.717, 1.165) is 41.7 Å². The van der Waals surface area contributed by atoms with Crippen LogP contribution < -0.4 is 4.74 Å². The highest BCUT2D eigenvalue weighted by molar-refractivity contribution is 5.77. The first-order chi connectivity index (χ1) is 19.4. The quantitative estimate of drug-likeness (QED) is 0.322. The zero-order valence-corrected chi connectivity index (χ0v) is 21.8. The predicted octanol–water partition coefficient (Wildman–Crippen LogP) is 4.09. The third kappa shape index (κ3) is 2.07. The number of hydrogen-bond donors (Lipinski definition) is 0. The van der Waals surface area contributed by atoms with Gasteiger partial charge in [0, 0.05) is 42.2 Å². The van der Waals surface area contributed by atoms with Gasteiger partial charge in [0.15, 0.2) is 17.2 Å². The fourth-order valence-electron chi connectivity index (χ4n) is 10.7. The van der Waals surface area contributed by atoms with Gasteiger partial charge in [-0.2, -0.15) is 18.3 Å². The summed E-state index contributed by atoms with van der Waals surface area (Å²) in [4.78, 5) is 22.7. The second-order valence-electron chi connectivity index (χ2n) is 12.6. The summed E-state index contributed by atoms with van der Waals surface area (Å²) in [6.45, 7) is 3.13. The molecule has 4 aromatic heterocycles. The lowest BCUT2D eigenvalue weighted by atomic mass is 9.47. The zero-order chi connectivity index (χ0) is 26.9. The van der Waals surface area contributed by atoms with Crippen LogP contribution in [0.4, 0.5) is 13.2 Å². The van der Waals surface area contributed by atoms with Gasteiger partial charge in [-0.05, 0) is 55.3 Å². The minimum atomic E-state index is -4.43. The van der Waals surface area contributed by atoms with Crippen LogP contribution in [0, 0.1) is 40.9 Å². The number of imidazole rings is 1. The van der Waals surface area contributed by atoms with Crippen LogP contribution in [-0.2, 0) is 24.7 Å². The van der Waals surface area contributed by atoms with E-state index < -0.39 is 11.9 Å². The van der Waals surface area contributed by atoms with Crippen LogP contribution in [0.3, 0.4) is 0 Å². The van der Waals surface area contributed by atoms with Crippen molar-refractivity contribution in [3.63, 3.8) is 0 Å². The molecule has 0 aliphatic heterocycles. The minimum Gasteiger partial charge on any atom is -0.480 e. The first kappa shape index (κ1) is 22.2. The van der Waals surface area contributed by atoms with Gasteiger partial charge in [0.1, 0.15) is 17.7 Å². The molecule has 0 aromatic carbocycles. The molecule has 0 spiro atoms. The molecule has 4 aromatic rings. The SMILES string of the molecule is CCn1cc(C(F)(F)F)nc1C12C3C4C5C1C3C5(Cn1ncc3cnc(-c5c(OC)ncnc5C5CC5)nc31)[C@H]42. The summed E-state index contributed by atoms with van der Waals surface area (Å²) in [5.41, 5.74) is 1.56. The Bertz CT molecular complexity index is 1780. The zero-order valence-electron chi connectivity index (χ0n) is 21.8. The van der Waals surface area contributed by atoms with Crippen molar-refractivity contribution in [1.82, 2.24) is 39.3 Å². The van der Waals surface area contributed by atoms with E-state index in [9.17, 15) is 13.2 Å². The molecule has 5 saturated carbocycles. The van der Waals surface area contributed by atoms with E-state index in [2.05, 4.69) is 19.9 Å². The highest BCUT2D eigenvalue weighted by Crippen LogP contribution is 3.10. The Morgan fingerprint density at radius 1 is 1.05 bits per heavy atom. The highest BCUT2D eigenvalue weighted by Gasteiger charge is 3.10. The molecule has 5 aliphatic carbocycles. The third-order valence-electron chi connectivity index (χ3n) is 11.6. The summed E-state index contributed by atoms with van der Waals surface area (Å²) >= 11 is 0. The summed E-state index contributed by atoms with van der Waals surface area (Å²) < 4.78 is 50.1. The lowest BCUT2D eigenvalue weighted by molar-refractivity contribution is -0.141. The number of nitrogens with zero attached hydrogens (tertiary/aromatic N) is 8. The van der Waals surface area contributed by atoms with Gasteiger partial charge in [0.2, 0.25) is 5.88 Å². The van der Waals surface area contributed by atoms with Crippen molar-refractivity contribution in [1.29, 1.82) is 0 Å². The Hall–Kier alpha value is -3.57. The van der Waals surface area contributed by atoms with Gasteiger partial charge < -0.3 is 9.30 Å². The van der Waals surface area contributed by atoms with Crippen molar-refractivity contribution in [2.75, 3.05) is 7.11 Å². The number of halogens is 3. The molecule has 12 heteroatoms. The van der Waals surface area contributed by atoms with Gasteiger partial charge in [-0.1, -0.05) is 0 Å². The molecule has 5 aliphatic rings. The Morgan fingerprint density at radius 3 is 2.60 bits per heavy atom. The van der Waals surface area contributed by atoms with Crippen LogP contribution >= 0.6 is 0 Å². The molecule has 8 atom stereocenters. The van der Waals surface area contributed by atoms with E-state index in [1.54, 1.807) is 24.1 Å². The second kappa shape index (κ2) is 6.49. The second-order valence-corrected chi connectivity index (χ2v) is 12.6. The van der Waals surface area contributed by atoms with Crippen molar-refractivity contribution < 1.29 is 17.9 Å². The number of ether oxygens (including phenoxy) is 1. The maximum absolute atomic E-state index is 13.6. The fourth-order valence-corrected chi connectivity index (χ4v) is 10.7. The summed E-state index contributed by atoms with van der Waals surface area (Å²) in [6, 6.07) is 0. The molecule has 9 rings (SSSR count). The molecule has 0 bridgehead atoms. The molecule has 9 nitrogen and oxygen atoms in total. The minimum absolute atomic E-state index is 0.0830. The average molecular weight is 547 g/mol. The average Bonchev–Trinajstić information content (AvgIpc) is 3.51. The summed E-state index contributed by atoms with van der Waals surface area (Å²) in [6.07, 6.45) is 4.07. The van der Waals surface area contributed by atoms with Gasteiger partial charge >= 0.3 is 6.18 Å². The highest BCUT2D eigenvalue weighted by atomic mass is 19.4. The van der Waals surface area contributed by atoms with Gasteiger partial charge in [-0.3, -0.25) is 0 Å². The van der Waals surface area contributed by atoms with Crippen molar-refractivity contribution in [2.45, 2.75) is 50.4 Å². The van der Waals surface area contributed by atoms with E-state index in [-0.39, 0.29) is 10.8 Å². The monoisotopic (exact) mass is 546 g/mol. The number of alkyl halides is 3. The van der Waals surface area contributed by atoms with E-state index in [0.29, 0.717) is 65.5 Å². The van der Waals surface area contributed by atoms with E-state index in [1.807, 2.05) is 11.6 Å². The van der Waals surface area contributed by atoms with Gasteiger partial charge in [-0.15, -0.1) is 0 Å². The summed E-state index contributed by atoms with van der Waals surface area (Å²) in [5, 5.41) is 5.60. The lowest BCUT2D eigenvalue weighted by Crippen LogP contribution is -2.59. The number of fused-ring (bicyclic) bond motifs is 13. The largest absolute Gasteiger partial charge is 0.480 e. The molecule has 40 heavy (non-hydrogen) atoms. The molecule has 204 valence electrons. The maximum atomic E-state index is 13.6. The van der Waals surface area contributed by atoms with Crippen LogP contribution in [0.5, 0.6) is 5.88 Å². The topological polar surface area (TPSA) is 96.4 Å². The molecule has 0 amide bonds. The van der Waals surface area contributed by atoms with Crippen LogP contribution in [0.25, 0.3) is 22.4 Å². The first-order valence-corrected chi connectivity index (χ1v) is 14.1. The van der Waals surface area contributed by atoms with Gasteiger partial charge in [0.05, 0.1) is 24.4 Å². The molecule has 0 radical (unpaired) electrons. The van der Waals surface area contributed by atoms with Crippen molar-refractivity contribution in [3.8, 4) is 17.3 Å². The Balaban J connectivity index is 1.03. The molecular weight excluding hydrogens is 521 g/mol. The number of aryl methyl sites for hydroxylation is 1. The van der Waals surface area contributed by atoms with Crippen LogP contribution in [-0.4, -0.2) is 46.4 Å². The summed E-state index contributed by atoms with van der Waals surface area (Å²) in [5.74, 6) is 5.07. The molecule has 7 unspecified atom stereocenters. The van der Waals surface area contributed by atoms with E-state index >= 15 is 0 Å². The maximum Gasteiger partial charge on any atom is 0.434 e. The van der Waals surface area contributed by atoms with E-state index in [4.69, 9.17) is 14.8 Å². The Morgan fingerprint density at radius 2 is 1.90 bits per heavy atom. The van der Waals surface area contributed by atoms with E-state index in [1.165, 1.54) is 12.5 Å². The smallest absolute Gasteiger partial charge is 0.434 e. The van der Waals surface area contributed by atoms with Crippen LogP contribution in [0.15, 0.2) is 24.9 Å². The summed E-state index contributed by atoms with van der Waals surface area (Å²) in [7, 11) is 1.59. The third-order valence-corrected chi connectivity index (χ3v) is 11.6. The molecule has 5 fully saturated rings. The van der Waals surface area contributed by atoms with Crippen LogP contribution in [0.2, 0.25) is 0 Å². The van der Waals surface area contributed by atoms with Gasteiger partial charge in [-0.25, -0.2) is 29.6 Å². The molecule has 4 heterocycles.